The number of nitrogens with two attached hydrogens (primary N) is 1. The summed E-state index contributed by atoms with van der Waals surface area (Å²) in [7, 11) is 0. The Morgan fingerprint density at radius 1 is 1.19 bits per heavy atom. The number of anilines is 2. The molecule has 5 rings (SSSR count). The van der Waals surface area contributed by atoms with E-state index in [9.17, 15) is 13.6 Å². The maximum absolute atomic E-state index is 14.3. The Labute approximate surface area is 186 Å². The fraction of sp³-hybridized carbons (Fsp3) is 0.182. The van der Waals surface area contributed by atoms with Crippen LogP contribution in [0.4, 0.5) is 20.4 Å². The first-order valence-electron chi connectivity index (χ1n) is 9.76. The summed E-state index contributed by atoms with van der Waals surface area (Å²) in [6, 6.07) is 9.09. The Hall–Kier alpha value is -3.59. The lowest BCUT2D eigenvalue weighted by atomic mass is 9.87. The minimum Gasteiger partial charge on any atom is -0.383 e. The molecule has 4 aromatic rings. The molecule has 162 valence electrons. The van der Waals surface area contributed by atoms with Crippen molar-refractivity contribution < 1.29 is 13.6 Å². The summed E-state index contributed by atoms with van der Waals surface area (Å²) in [6.07, 6.45) is 0.0254. The molecule has 2 aromatic heterocycles. The van der Waals surface area contributed by atoms with Crippen LogP contribution in [0.15, 0.2) is 36.4 Å². The van der Waals surface area contributed by atoms with Crippen LogP contribution in [-0.4, -0.2) is 25.7 Å². The van der Waals surface area contributed by atoms with Crippen molar-refractivity contribution in [2.45, 2.75) is 25.7 Å². The quantitative estimate of drug-likeness (QED) is 0.484. The summed E-state index contributed by atoms with van der Waals surface area (Å²) in [5.74, 6) is -1.48. The number of nitrogen functional groups attached to an aromatic ring is 1. The third-order valence-electron chi connectivity index (χ3n) is 5.65. The van der Waals surface area contributed by atoms with E-state index in [0.29, 0.717) is 33.0 Å². The van der Waals surface area contributed by atoms with Gasteiger partial charge in [0.25, 0.3) is 5.95 Å². The molecular formula is C22H17ClF2N6O. The molecule has 0 bridgehead atoms. The van der Waals surface area contributed by atoms with Crippen LogP contribution in [0.1, 0.15) is 30.7 Å². The highest BCUT2D eigenvalue weighted by atomic mass is 35.5. The van der Waals surface area contributed by atoms with Crippen LogP contribution in [0, 0.1) is 11.6 Å². The van der Waals surface area contributed by atoms with Crippen molar-refractivity contribution in [2.75, 3.05) is 11.1 Å². The Balaban J connectivity index is 1.68. The Morgan fingerprint density at radius 3 is 2.75 bits per heavy atom. The van der Waals surface area contributed by atoms with Crippen molar-refractivity contribution in [3.8, 4) is 5.95 Å². The van der Waals surface area contributed by atoms with E-state index in [0.717, 1.165) is 6.07 Å². The van der Waals surface area contributed by atoms with Crippen molar-refractivity contribution in [3.05, 3.63) is 69.9 Å². The molecule has 10 heteroatoms. The van der Waals surface area contributed by atoms with Gasteiger partial charge in [0.2, 0.25) is 5.91 Å². The van der Waals surface area contributed by atoms with Crippen LogP contribution in [0.5, 0.6) is 0 Å². The zero-order chi connectivity index (χ0) is 22.8. The molecule has 1 amide bonds. The minimum absolute atomic E-state index is 0.0254. The molecule has 0 saturated carbocycles. The van der Waals surface area contributed by atoms with E-state index < -0.39 is 17.0 Å². The van der Waals surface area contributed by atoms with E-state index in [-0.39, 0.29) is 29.7 Å². The molecule has 0 spiro atoms. The van der Waals surface area contributed by atoms with E-state index in [4.69, 9.17) is 17.3 Å². The molecule has 2 aromatic carbocycles. The number of carbonyl (C=O) groups excluding carboxylic acids is 1. The predicted octanol–water partition coefficient (Wildman–Crippen LogP) is 4.15. The molecule has 1 aliphatic rings. The first-order valence-corrected chi connectivity index (χ1v) is 10.1. The van der Waals surface area contributed by atoms with Gasteiger partial charge in [-0.05, 0) is 43.7 Å². The molecule has 32 heavy (non-hydrogen) atoms. The van der Waals surface area contributed by atoms with Crippen LogP contribution in [0.3, 0.4) is 0 Å². The summed E-state index contributed by atoms with van der Waals surface area (Å²) < 4.78 is 29.4. The van der Waals surface area contributed by atoms with Gasteiger partial charge in [-0.1, -0.05) is 23.7 Å². The molecular weight excluding hydrogens is 438 g/mol. The average molecular weight is 455 g/mol. The summed E-state index contributed by atoms with van der Waals surface area (Å²) in [5, 5.41) is 8.39. The predicted molar refractivity (Wildman–Crippen MR) is 117 cm³/mol. The van der Waals surface area contributed by atoms with Gasteiger partial charge < -0.3 is 11.1 Å². The van der Waals surface area contributed by atoms with Crippen molar-refractivity contribution in [1.29, 1.82) is 0 Å². The third-order valence-corrected chi connectivity index (χ3v) is 5.88. The Kier molecular flexibility index (Phi) is 4.42. The number of hydrogen-bond donors (Lipinski definition) is 2. The summed E-state index contributed by atoms with van der Waals surface area (Å²) in [4.78, 5) is 21.2. The monoisotopic (exact) mass is 454 g/mol. The van der Waals surface area contributed by atoms with Crippen molar-refractivity contribution in [3.63, 3.8) is 0 Å². The molecule has 3 heterocycles. The normalized spacial score (nSPS) is 14.6. The zero-order valence-electron chi connectivity index (χ0n) is 17.1. The van der Waals surface area contributed by atoms with Crippen LogP contribution in [0.25, 0.3) is 16.9 Å². The molecule has 0 atom stereocenters. The second kappa shape index (κ2) is 6.96. The second-order valence-electron chi connectivity index (χ2n) is 8.12. The van der Waals surface area contributed by atoms with Crippen LogP contribution >= 0.6 is 11.6 Å². The number of halogens is 3. The molecule has 7 nitrogen and oxygen atoms in total. The largest absolute Gasteiger partial charge is 0.383 e. The van der Waals surface area contributed by atoms with Crippen molar-refractivity contribution in [1.82, 2.24) is 19.7 Å². The van der Waals surface area contributed by atoms with Gasteiger partial charge in [0.15, 0.2) is 11.6 Å². The van der Waals surface area contributed by atoms with Gasteiger partial charge in [-0.15, -0.1) is 0 Å². The molecule has 0 radical (unpaired) electrons. The van der Waals surface area contributed by atoms with Crippen molar-refractivity contribution >= 4 is 40.0 Å². The fourth-order valence-electron chi connectivity index (χ4n) is 3.95. The average Bonchev–Trinajstić information content (AvgIpc) is 3.19. The fourth-order valence-corrected chi connectivity index (χ4v) is 4.12. The number of nitrogens with one attached hydrogen (secondary N) is 1. The smallest absolute Gasteiger partial charge is 0.255 e. The third kappa shape index (κ3) is 3.00. The molecule has 0 saturated heterocycles. The molecule has 0 aliphatic carbocycles. The van der Waals surface area contributed by atoms with E-state index in [1.54, 1.807) is 32.0 Å². The number of carbonyl (C=O) groups is 1. The second-order valence-corrected chi connectivity index (χ2v) is 8.56. The maximum atomic E-state index is 14.3. The summed E-state index contributed by atoms with van der Waals surface area (Å²) in [6.45, 7) is 3.48. The summed E-state index contributed by atoms with van der Waals surface area (Å²) in [5.41, 5.74) is 7.06. The zero-order valence-corrected chi connectivity index (χ0v) is 17.8. The number of hydrogen-bond acceptors (Lipinski definition) is 5. The van der Waals surface area contributed by atoms with E-state index in [1.807, 2.05) is 0 Å². The number of benzene rings is 2. The highest BCUT2D eigenvalue weighted by Gasteiger charge is 2.42. The van der Waals surface area contributed by atoms with Gasteiger partial charge in [-0.2, -0.15) is 19.7 Å². The molecule has 0 fully saturated rings. The van der Waals surface area contributed by atoms with E-state index in [2.05, 4.69) is 20.4 Å². The van der Waals surface area contributed by atoms with Crippen LogP contribution in [0.2, 0.25) is 5.02 Å². The summed E-state index contributed by atoms with van der Waals surface area (Å²) >= 11 is 6.18. The van der Waals surface area contributed by atoms with Gasteiger partial charge in [0, 0.05) is 16.8 Å². The molecule has 0 unspecified atom stereocenters. The number of fused-ring (bicyclic) bond motifs is 2. The number of amides is 1. The lowest BCUT2D eigenvalue weighted by Crippen LogP contribution is -2.27. The molecule has 3 N–H and O–H groups in total. The van der Waals surface area contributed by atoms with Gasteiger partial charge in [0.05, 0.1) is 22.2 Å². The Bertz CT molecular complexity index is 1430. The SMILES string of the molecule is CC1(C)C(=O)Nc2nc(-n3nc(Cc4cccc(F)c4F)c4cc(Cl)ccc43)nc(N)c21. The number of nitrogens with zero attached hydrogens (tertiary/aromatic N) is 4. The highest BCUT2D eigenvalue weighted by Crippen LogP contribution is 2.39. The van der Waals surface area contributed by atoms with Crippen LogP contribution in [-0.2, 0) is 16.6 Å². The lowest BCUT2D eigenvalue weighted by molar-refractivity contribution is -0.119. The van der Waals surface area contributed by atoms with Crippen LogP contribution < -0.4 is 11.1 Å². The topological polar surface area (TPSA) is 98.7 Å². The Morgan fingerprint density at radius 2 is 1.97 bits per heavy atom. The van der Waals surface area contributed by atoms with Gasteiger partial charge in [-0.25, -0.2) is 8.78 Å². The maximum Gasteiger partial charge on any atom is 0.255 e. The first-order chi connectivity index (χ1) is 15.2. The molecule has 1 aliphatic heterocycles. The van der Waals surface area contributed by atoms with E-state index >= 15 is 0 Å². The van der Waals surface area contributed by atoms with E-state index in [1.165, 1.54) is 16.8 Å². The van der Waals surface area contributed by atoms with Crippen molar-refractivity contribution in [2.24, 2.45) is 0 Å². The number of aromatic nitrogens is 4. The standard InChI is InChI=1S/C22H17ClF2N6O/c1-22(2)16-18(26)27-21(29-19(16)28-20(22)32)31-15-7-6-11(23)9-12(15)14(30-31)8-10-4-3-5-13(24)17(10)25/h3-7,9H,8H2,1-2H3,(H3,26,27,28,29,32). The first kappa shape index (κ1) is 20.3. The van der Waals surface area contributed by atoms with Gasteiger partial charge in [-0.3, -0.25) is 4.79 Å². The highest BCUT2D eigenvalue weighted by molar-refractivity contribution is 6.31. The number of rotatable bonds is 3. The minimum atomic E-state index is -0.933. The van der Waals surface area contributed by atoms with Gasteiger partial charge >= 0.3 is 0 Å². The van der Waals surface area contributed by atoms with Gasteiger partial charge in [0.1, 0.15) is 11.6 Å². The lowest BCUT2D eigenvalue weighted by Gasteiger charge is -2.16.